The van der Waals surface area contributed by atoms with Crippen LogP contribution in [0.5, 0.6) is 5.75 Å². The van der Waals surface area contributed by atoms with E-state index in [1.165, 1.54) is 0 Å². The first kappa shape index (κ1) is 17.2. The maximum Gasteiger partial charge on any atom is 0.319 e. The summed E-state index contributed by atoms with van der Waals surface area (Å²) >= 11 is 1.64. The van der Waals surface area contributed by atoms with Crippen molar-refractivity contribution in [2.45, 2.75) is 11.0 Å². The van der Waals surface area contributed by atoms with E-state index in [9.17, 15) is 9.90 Å². The van der Waals surface area contributed by atoms with Crippen molar-refractivity contribution in [3.8, 4) is 5.75 Å². The summed E-state index contributed by atoms with van der Waals surface area (Å²) in [5, 5.41) is 15.4. The molecule has 0 aliphatic rings. The summed E-state index contributed by atoms with van der Waals surface area (Å²) in [6, 6.07) is 14.3. The van der Waals surface area contributed by atoms with Crippen LogP contribution in [0.1, 0.15) is 11.7 Å². The van der Waals surface area contributed by atoms with Crippen LogP contribution in [0.25, 0.3) is 0 Å². The number of nitrogens with one attached hydrogen (secondary N) is 2. The minimum Gasteiger partial charge on any atom is -0.497 e. The van der Waals surface area contributed by atoms with Crippen LogP contribution >= 0.6 is 11.8 Å². The Morgan fingerprint density at radius 3 is 2.39 bits per heavy atom. The number of urea groups is 1. The minimum absolute atomic E-state index is 0.139. The van der Waals surface area contributed by atoms with Crippen molar-refractivity contribution >= 4 is 23.5 Å². The van der Waals surface area contributed by atoms with E-state index >= 15 is 0 Å². The minimum atomic E-state index is -0.743. The summed E-state index contributed by atoms with van der Waals surface area (Å²) < 4.78 is 5.06. The highest BCUT2D eigenvalue weighted by Crippen LogP contribution is 2.19. The standard InChI is InChI=1S/C17H20N2O3S/c1-22-14-7-5-13(6-8-14)19-17(21)18-11-16(20)12-3-9-15(23-2)10-4-12/h3-10,16,20H,11H2,1-2H3,(H2,18,19,21). The molecule has 23 heavy (non-hydrogen) atoms. The normalized spacial score (nSPS) is 11.6. The fourth-order valence-corrected chi connectivity index (χ4v) is 2.39. The summed E-state index contributed by atoms with van der Waals surface area (Å²) in [4.78, 5) is 13.0. The van der Waals surface area contributed by atoms with Gasteiger partial charge in [-0.1, -0.05) is 12.1 Å². The Morgan fingerprint density at radius 1 is 1.17 bits per heavy atom. The van der Waals surface area contributed by atoms with E-state index in [1.54, 1.807) is 43.1 Å². The molecule has 0 aliphatic carbocycles. The van der Waals surface area contributed by atoms with Crippen LogP contribution < -0.4 is 15.4 Å². The summed E-state index contributed by atoms with van der Waals surface area (Å²) in [7, 11) is 1.59. The topological polar surface area (TPSA) is 70.6 Å². The van der Waals surface area contributed by atoms with Crippen molar-refractivity contribution in [3.05, 3.63) is 54.1 Å². The Bertz CT molecular complexity index is 629. The lowest BCUT2D eigenvalue weighted by molar-refractivity contribution is 0.175. The van der Waals surface area contributed by atoms with E-state index in [1.807, 2.05) is 30.5 Å². The zero-order valence-corrected chi connectivity index (χ0v) is 13.9. The number of aliphatic hydroxyl groups excluding tert-OH is 1. The Labute approximate surface area is 140 Å². The first-order valence-electron chi connectivity index (χ1n) is 7.13. The fraction of sp³-hybridized carbons (Fsp3) is 0.235. The number of ether oxygens (including phenoxy) is 1. The second-order valence-corrected chi connectivity index (χ2v) is 5.73. The zero-order chi connectivity index (χ0) is 16.7. The number of rotatable bonds is 6. The molecule has 0 saturated carbocycles. The Balaban J connectivity index is 1.82. The highest BCUT2D eigenvalue weighted by molar-refractivity contribution is 7.98. The molecule has 0 heterocycles. The van der Waals surface area contributed by atoms with Gasteiger partial charge in [-0.3, -0.25) is 0 Å². The second kappa shape index (κ2) is 8.45. The number of hydrogen-bond donors (Lipinski definition) is 3. The summed E-state index contributed by atoms with van der Waals surface area (Å²) in [6.45, 7) is 0.139. The fourth-order valence-electron chi connectivity index (χ4n) is 1.98. The Hall–Kier alpha value is -2.18. The van der Waals surface area contributed by atoms with Gasteiger partial charge in [0.25, 0.3) is 0 Å². The van der Waals surface area contributed by atoms with E-state index in [4.69, 9.17) is 4.74 Å². The number of methoxy groups -OCH3 is 1. The van der Waals surface area contributed by atoms with Crippen molar-refractivity contribution in [2.75, 3.05) is 25.2 Å². The molecule has 6 heteroatoms. The molecule has 122 valence electrons. The molecule has 5 nitrogen and oxygen atoms in total. The average Bonchev–Trinajstić information content (AvgIpc) is 2.60. The van der Waals surface area contributed by atoms with E-state index in [2.05, 4.69) is 10.6 Å². The largest absolute Gasteiger partial charge is 0.497 e. The lowest BCUT2D eigenvalue weighted by Gasteiger charge is -2.13. The van der Waals surface area contributed by atoms with Crippen LogP contribution in [-0.4, -0.2) is 31.0 Å². The number of carbonyl (C=O) groups excluding carboxylic acids is 1. The molecule has 2 aromatic carbocycles. The lowest BCUT2D eigenvalue weighted by Crippen LogP contribution is -2.32. The van der Waals surface area contributed by atoms with Gasteiger partial charge in [-0.15, -0.1) is 11.8 Å². The third-order valence-corrected chi connectivity index (χ3v) is 4.05. The van der Waals surface area contributed by atoms with Gasteiger partial charge in [-0.25, -0.2) is 4.79 Å². The molecule has 1 atom stereocenters. The highest BCUT2D eigenvalue weighted by Gasteiger charge is 2.09. The summed E-state index contributed by atoms with van der Waals surface area (Å²) in [5.74, 6) is 0.722. The molecular formula is C17H20N2O3S. The van der Waals surface area contributed by atoms with Gasteiger partial charge in [0.2, 0.25) is 0 Å². The first-order chi connectivity index (χ1) is 11.1. The maximum absolute atomic E-state index is 11.8. The average molecular weight is 332 g/mol. The number of thioether (sulfide) groups is 1. The highest BCUT2D eigenvalue weighted by atomic mass is 32.2. The van der Waals surface area contributed by atoms with E-state index in [-0.39, 0.29) is 12.6 Å². The van der Waals surface area contributed by atoms with Crippen molar-refractivity contribution in [3.63, 3.8) is 0 Å². The third kappa shape index (κ3) is 5.19. The smallest absolute Gasteiger partial charge is 0.319 e. The van der Waals surface area contributed by atoms with Crippen molar-refractivity contribution in [1.82, 2.24) is 5.32 Å². The Morgan fingerprint density at radius 2 is 1.83 bits per heavy atom. The van der Waals surface area contributed by atoms with Crippen molar-refractivity contribution in [1.29, 1.82) is 0 Å². The number of benzene rings is 2. The Kier molecular flexibility index (Phi) is 6.31. The molecule has 0 saturated heterocycles. The summed E-state index contributed by atoms with van der Waals surface area (Å²) in [6.07, 6.45) is 1.25. The van der Waals surface area contributed by atoms with Gasteiger partial charge in [0.15, 0.2) is 0 Å². The molecule has 0 aromatic heterocycles. The van der Waals surface area contributed by atoms with Crippen LogP contribution in [0.2, 0.25) is 0 Å². The summed E-state index contributed by atoms with van der Waals surface area (Å²) in [5.41, 5.74) is 1.43. The van der Waals surface area contributed by atoms with Gasteiger partial charge in [0.1, 0.15) is 5.75 Å². The molecule has 0 aliphatic heterocycles. The van der Waals surface area contributed by atoms with Gasteiger partial charge in [0, 0.05) is 17.1 Å². The van der Waals surface area contributed by atoms with Crippen LogP contribution in [0.4, 0.5) is 10.5 Å². The van der Waals surface area contributed by atoms with Crippen molar-refractivity contribution in [2.24, 2.45) is 0 Å². The molecule has 0 fully saturated rings. The molecule has 2 amide bonds. The van der Waals surface area contributed by atoms with E-state index < -0.39 is 6.10 Å². The zero-order valence-electron chi connectivity index (χ0n) is 13.1. The number of hydrogen-bond acceptors (Lipinski definition) is 4. The number of carbonyl (C=O) groups is 1. The first-order valence-corrected chi connectivity index (χ1v) is 8.36. The molecule has 0 radical (unpaired) electrons. The molecule has 0 spiro atoms. The second-order valence-electron chi connectivity index (χ2n) is 4.85. The number of aliphatic hydroxyl groups is 1. The monoisotopic (exact) mass is 332 g/mol. The molecular weight excluding hydrogens is 312 g/mol. The molecule has 2 rings (SSSR count). The lowest BCUT2D eigenvalue weighted by atomic mass is 10.1. The third-order valence-electron chi connectivity index (χ3n) is 3.30. The molecule has 3 N–H and O–H groups in total. The molecule has 0 bridgehead atoms. The van der Waals surface area contributed by atoms with E-state index in [0.29, 0.717) is 5.69 Å². The molecule has 1 unspecified atom stereocenters. The van der Waals surface area contributed by atoms with Gasteiger partial charge < -0.3 is 20.5 Å². The number of amides is 2. The van der Waals surface area contributed by atoms with E-state index in [0.717, 1.165) is 16.2 Å². The predicted octanol–water partition coefficient (Wildman–Crippen LogP) is 3.27. The van der Waals surface area contributed by atoms with Gasteiger partial charge in [-0.2, -0.15) is 0 Å². The number of anilines is 1. The van der Waals surface area contributed by atoms with Crippen LogP contribution in [0.15, 0.2) is 53.4 Å². The SMILES string of the molecule is COc1ccc(NC(=O)NCC(O)c2ccc(SC)cc2)cc1. The van der Waals surface area contributed by atoms with Crippen LogP contribution in [0, 0.1) is 0 Å². The van der Waals surface area contributed by atoms with Gasteiger partial charge >= 0.3 is 6.03 Å². The van der Waals surface area contributed by atoms with Gasteiger partial charge in [-0.05, 0) is 48.2 Å². The predicted molar refractivity (Wildman–Crippen MR) is 93.2 cm³/mol. The van der Waals surface area contributed by atoms with Gasteiger partial charge in [0.05, 0.1) is 13.2 Å². The molecule has 2 aromatic rings. The quantitative estimate of drug-likeness (QED) is 0.710. The van der Waals surface area contributed by atoms with Crippen LogP contribution in [0.3, 0.4) is 0 Å². The van der Waals surface area contributed by atoms with Crippen LogP contribution in [-0.2, 0) is 0 Å². The van der Waals surface area contributed by atoms with Crippen molar-refractivity contribution < 1.29 is 14.6 Å². The maximum atomic E-state index is 11.8.